The Balaban J connectivity index is 1.32. The number of hydrogen-bond donors (Lipinski definition) is 3. The Labute approximate surface area is 256 Å². The quantitative estimate of drug-likeness (QED) is 0.193. The van der Waals surface area contributed by atoms with Crippen LogP contribution >= 0.6 is 0 Å². The average molecular weight is 611 g/mol. The number of fused-ring (bicyclic) bond motifs is 2. The van der Waals surface area contributed by atoms with Gasteiger partial charge < -0.3 is 20.9 Å². The van der Waals surface area contributed by atoms with E-state index in [-0.39, 0.29) is 36.9 Å². The second-order valence-corrected chi connectivity index (χ2v) is 11.4. The Morgan fingerprint density at radius 3 is 2.51 bits per heavy atom. The first-order valence-corrected chi connectivity index (χ1v) is 14.1. The average Bonchev–Trinajstić information content (AvgIpc) is 3.38. The molecule has 0 aliphatic carbocycles. The topological polar surface area (TPSA) is 153 Å². The SMILES string of the molecule is C[C@](O)(CCC(=O)c1cc(Nc2ncc(F)cn2)c2ncccc2c1)c1cc2c(c(-c3ccc(F)cc3)n1)OC[C@]2(C)C(N)=O. The summed E-state index contributed by atoms with van der Waals surface area (Å²) < 4.78 is 32.9. The molecule has 0 bridgehead atoms. The summed E-state index contributed by atoms with van der Waals surface area (Å²) in [6.07, 6.45) is 3.56. The summed E-state index contributed by atoms with van der Waals surface area (Å²) in [7, 11) is 0. The second-order valence-electron chi connectivity index (χ2n) is 11.4. The van der Waals surface area contributed by atoms with Gasteiger partial charge in [-0.15, -0.1) is 0 Å². The van der Waals surface area contributed by atoms with Crippen LogP contribution in [0.25, 0.3) is 22.2 Å². The summed E-state index contributed by atoms with van der Waals surface area (Å²) in [6.45, 7) is 3.16. The molecule has 0 saturated heterocycles. The molecule has 12 heteroatoms. The Hall–Kier alpha value is -5.36. The molecule has 45 heavy (non-hydrogen) atoms. The standard InChI is InChI=1S/C33H28F2N6O4/c1-32(30(36)43)17-45-29-23(32)14-26(41-28(29)18-5-7-21(34)8-6-18)33(2,44)10-9-25(42)20-12-19-4-3-11-37-27(19)24(13-20)40-31-38-15-22(35)16-39-31/h3-8,11-16,44H,9-10,17H2,1-2H3,(H2,36,43)(H,38,39,40)/t32-,33-/m0/s1. The first-order chi connectivity index (χ1) is 21.4. The smallest absolute Gasteiger partial charge is 0.231 e. The molecule has 10 nitrogen and oxygen atoms in total. The van der Waals surface area contributed by atoms with Crippen LogP contribution in [0.4, 0.5) is 20.4 Å². The van der Waals surface area contributed by atoms with Crippen LogP contribution in [-0.2, 0) is 15.8 Å². The maximum atomic E-state index is 13.7. The van der Waals surface area contributed by atoms with E-state index in [0.717, 1.165) is 12.4 Å². The van der Waals surface area contributed by atoms with Crippen LogP contribution in [0.5, 0.6) is 5.75 Å². The van der Waals surface area contributed by atoms with Gasteiger partial charge in [0.2, 0.25) is 11.9 Å². The molecule has 0 fully saturated rings. The van der Waals surface area contributed by atoms with Gasteiger partial charge in [0.1, 0.15) is 34.9 Å². The van der Waals surface area contributed by atoms with Gasteiger partial charge in [0, 0.05) is 34.7 Å². The molecule has 0 unspecified atom stereocenters. The van der Waals surface area contributed by atoms with Gasteiger partial charge in [-0.25, -0.2) is 23.7 Å². The number of nitrogens with two attached hydrogens (primary N) is 1. The largest absolute Gasteiger partial charge is 0.489 e. The fourth-order valence-corrected chi connectivity index (χ4v) is 5.24. The van der Waals surface area contributed by atoms with Gasteiger partial charge >= 0.3 is 0 Å². The summed E-state index contributed by atoms with van der Waals surface area (Å²) in [6, 6.07) is 14.0. The zero-order chi connectivity index (χ0) is 31.9. The highest BCUT2D eigenvalue weighted by Gasteiger charge is 2.45. The predicted molar refractivity (Wildman–Crippen MR) is 162 cm³/mol. The van der Waals surface area contributed by atoms with Crippen molar-refractivity contribution in [1.82, 2.24) is 19.9 Å². The number of anilines is 2. The summed E-state index contributed by atoms with van der Waals surface area (Å²) in [4.78, 5) is 43.0. The lowest BCUT2D eigenvalue weighted by Crippen LogP contribution is -2.40. The molecule has 2 atom stereocenters. The number of carbonyl (C=O) groups excluding carboxylic acids is 2. The number of hydrogen-bond acceptors (Lipinski definition) is 9. The lowest BCUT2D eigenvalue weighted by Gasteiger charge is -2.26. The third-order valence-electron chi connectivity index (χ3n) is 8.02. The Morgan fingerprint density at radius 1 is 1.07 bits per heavy atom. The van der Waals surface area contributed by atoms with Crippen LogP contribution in [0.1, 0.15) is 48.3 Å². The van der Waals surface area contributed by atoms with Crippen molar-refractivity contribution in [3.8, 4) is 17.0 Å². The van der Waals surface area contributed by atoms with Gasteiger partial charge in [-0.3, -0.25) is 14.6 Å². The number of ketones is 1. The van der Waals surface area contributed by atoms with Crippen LogP contribution < -0.4 is 15.8 Å². The third kappa shape index (κ3) is 5.67. The summed E-state index contributed by atoms with van der Waals surface area (Å²) in [5, 5.41) is 15.4. The van der Waals surface area contributed by atoms with Gasteiger partial charge in [0.25, 0.3) is 0 Å². The Kier molecular flexibility index (Phi) is 7.45. The number of nitrogens with zero attached hydrogens (tertiary/aromatic N) is 4. The van der Waals surface area contributed by atoms with Crippen molar-refractivity contribution in [2.45, 2.75) is 37.7 Å². The van der Waals surface area contributed by atoms with Crippen LogP contribution in [0, 0.1) is 11.6 Å². The van der Waals surface area contributed by atoms with Crippen molar-refractivity contribution in [3.63, 3.8) is 0 Å². The first kappa shape index (κ1) is 29.7. The molecule has 228 valence electrons. The van der Waals surface area contributed by atoms with E-state index in [1.54, 1.807) is 43.5 Å². The maximum absolute atomic E-state index is 13.7. The van der Waals surface area contributed by atoms with Gasteiger partial charge in [0.15, 0.2) is 11.6 Å². The molecular weight excluding hydrogens is 582 g/mol. The Morgan fingerprint density at radius 2 is 1.80 bits per heavy atom. The van der Waals surface area contributed by atoms with E-state index < -0.39 is 28.6 Å². The lowest BCUT2D eigenvalue weighted by molar-refractivity contribution is -0.123. The number of benzene rings is 2. The van der Waals surface area contributed by atoms with Crippen molar-refractivity contribution in [2.24, 2.45) is 5.73 Å². The second kappa shape index (κ2) is 11.3. The van der Waals surface area contributed by atoms with E-state index in [1.807, 2.05) is 0 Å². The molecule has 6 rings (SSSR count). The van der Waals surface area contributed by atoms with E-state index in [1.165, 1.54) is 31.2 Å². The molecule has 0 spiro atoms. The number of primary amides is 1. The van der Waals surface area contributed by atoms with Crippen molar-refractivity contribution < 1.29 is 28.2 Å². The van der Waals surface area contributed by atoms with Crippen molar-refractivity contribution in [1.29, 1.82) is 0 Å². The number of Topliss-reactive ketones (excluding diaryl/α,β-unsaturated/α-hetero) is 1. The number of aliphatic hydroxyl groups is 1. The molecule has 5 aromatic rings. The summed E-state index contributed by atoms with van der Waals surface area (Å²) >= 11 is 0. The fraction of sp³-hybridized carbons (Fsp3) is 0.212. The van der Waals surface area contributed by atoms with Crippen molar-refractivity contribution in [3.05, 3.63) is 102 Å². The normalized spacial score (nSPS) is 16.9. The zero-order valence-corrected chi connectivity index (χ0v) is 24.3. The van der Waals surface area contributed by atoms with Crippen LogP contribution in [0.3, 0.4) is 0 Å². The summed E-state index contributed by atoms with van der Waals surface area (Å²) in [5.41, 5.74) is 5.78. The van der Waals surface area contributed by atoms with E-state index in [2.05, 4.69) is 25.3 Å². The zero-order valence-electron chi connectivity index (χ0n) is 24.3. The molecule has 4 N–H and O–H groups in total. The number of carbonyl (C=O) groups is 2. The molecule has 1 aliphatic heterocycles. The van der Waals surface area contributed by atoms with Crippen molar-refractivity contribution in [2.75, 3.05) is 11.9 Å². The lowest BCUT2D eigenvalue weighted by atomic mass is 9.81. The first-order valence-electron chi connectivity index (χ1n) is 14.1. The minimum absolute atomic E-state index is 0.0201. The highest BCUT2D eigenvalue weighted by Crippen LogP contribution is 2.46. The van der Waals surface area contributed by atoms with Crippen LogP contribution in [0.2, 0.25) is 0 Å². The summed E-state index contributed by atoms with van der Waals surface area (Å²) in [5.74, 6) is -1.45. The highest BCUT2D eigenvalue weighted by atomic mass is 19.1. The molecule has 1 aliphatic rings. The van der Waals surface area contributed by atoms with Gasteiger partial charge in [-0.1, -0.05) is 6.07 Å². The molecular formula is C33H28F2N6O4. The number of rotatable bonds is 9. The molecule has 0 radical (unpaired) electrons. The van der Waals surface area contributed by atoms with Crippen LogP contribution in [0.15, 0.2) is 73.2 Å². The maximum Gasteiger partial charge on any atom is 0.231 e. The van der Waals surface area contributed by atoms with E-state index in [0.29, 0.717) is 44.7 Å². The predicted octanol–water partition coefficient (Wildman–Crippen LogP) is 5.11. The third-order valence-corrected chi connectivity index (χ3v) is 8.02. The van der Waals surface area contributed by atoms with E-state index in [4.69, 9.17) is 10.5 Å². The number of amides is 1. The fourth-order valence-electron chi connectivity index (χ4n) is 5.24. The van der Waals surface area contributed by atoms with Gasteiger partial charge in [0.05, 0.1) is 29.3 Å². The van der Waals surface area contributed by atoms with E-state index in [9.17, 15) is 23.5 Å². The number of halogens is 2. The van der Waals surface area contributed by atoms with Crippen LogP contribution in [-0.4, -0.2) is 43.3 Å². The number of aromatic nitrogens is 4. The molecule has 0 saturated carbocycles. The molecule has 2 aromatic carbocycles. The molecule has 1 amide bonds. The van der Waals surface area contributed by atoms with Gasteiger partial charge in [-0.2, -0.15) is 0 Å². The van der Waals surface area contributed by atoms with Gasteiger partial charge in [-0.05, 0) is 68.8 Å². The molecule has 4 heterocycles. The highest BCUT2D eigenvalue weighted by molar-refractivity contribution is 6.03. The number of ether oxygens (including phenoxy) is 1. The van der Waals surface area contributed by atoms with E-state index >= 15 is 0 Å². The minimum atomic E-state index is -1.62. The minimum Gasteiger partial charge on any atom is -0.489 e. The Bertz CT molecular complexity index is 1950. The number of nitrogens with one attached hydrogen (secondary N) is 1. The van der Waals surface area contributed by atoms with Crippen molar-refractivity contribution >= 4 is 34.2 Å². The monoisotopic (exact) mass is 610 g/mol. The number of pyridine rings is 2. The molecule has 3 aromatic heterocycles.